The normalized spacial score (nSPS) is 11.5. The van der Waals surface area contributed by atoms with Gasteiger partial charge in [-0.2, -0.15) is 0 Å². The fourth-order valence-electron chi connectivity index (χ4n) is 7.14. The molecule has 2 heterocycles. The molecule has 0 spiro atoms. The molecule has 0 aliphatic rings. The molecule has 0 atom stereocenters. The van der Waals surface area contributed by atoms with Gasteiger partial charge in [-0.15, -0.1) is 0 Å². The summed E-state index contributed by atoms with van der Waals surface area (Å²) in [6.07, 6.45) is 0. The minimum atomic E-state index is 0.597. The summed E-state index contributed by atoms with van der Waals surface area (Å²) in [6, 6.07) is 61.1. The van der Waals surface area contributed by atoms with Crippen molar-refractivity contribution in [3.05, 3.63) is 176 Å². The Balaban J connectivity index is 1.17. The summed E-state index contributed by atoms with van der Waals surface area (Å²) in [5.41, 5.74) is 8.89. The van der Waals surface area contributed by atoms with Gasteiger partial charge >= 0.3 is 0 Å². The molecule has 8 aromatic carbocycles. The Hall–Kier alpha value is -6.91. The van der Waals surface area contributed by atoms with Crippen LogP contribution in [0.5, 0.6) is 0 Å². The van der Waals surface area contributed by atoms with Crippen LogP contribution in [0.1, 0.15) is 0 Å². The maximum Gasteiger partial charge on any atom is 0.164 e. The average Bonchev–Trinajstić information content (AvgIpc) is 3.60. The highest BCUT2D eigenvalue weighted by atomic mass is 16.3. The van der Waals surface area contributed by atoms with E-state index in [0.29, 0.717) is 17.5 Å². The van der Waals surface area contributed by atoms with Gasteiger partial charge in [0.05, 0.1) is 0 Å². The van der Waals surface area contributed by atoms with Gasteiger partial charge in [-0.05, 0) is 74.6 Å². The quantitative estimate of drug-likeness (QED) is 0.186. The van der Waals surface area contributed by atoms with Crippen LogP contribution in [0.15, 0.2) is 180 Å². The van der Waals surface area contributed by atoms with Gasteiger partial charge in [0.2, 0.25) is 0 Å². The van der Waals surface area contributed by atoms with Crippen LogP contribution in [-0.2, 0) is 0 Å². The lowest BCUT2D eigenvalue weighted by atomic mass is 9.96. The van der Waals surface area contributed by atoms with Gasteiger partial charge in [0, 0.05) is 33.0 Å². The molecule has 0 saturated heterocycles. The summed E-state index contributed by atoms with van der Waals surface area (Å²) in [6.45, 7) is 0. The van der Waals surface area contributed by atoms with E-state index in [0.717, 1.165) is 60.5 Å². The summed E-state index contributed by atoms with van der Waals surface area (Å²) in [5.74, 6) is 1.84. The van der Waals surface area contributed by atoms with Gasteiger partial charge in [-0.1, -0.05) is 140 Å². The van der Waals surface area contributed by atoms with Crippen molar-refractivity contribution in [2.45, 2.75) is 0 Å². The first-order chi connectivity index (χ1) is 25.2. The molecule has 10 rings (SSSR count). The van der Waals surface area contributed by atoms with Crippen LogP contribution >= 0.6 is 0 Å². The number of nitrogens with zero attached hydrogens (tertiary/aromatic N) is 3. The summed E-state index contributed by atoms with van der Waals surface area (Å²) in [4.78, 5) is 15.4. The Bertz CT molecular complexity index is 2910. The Morgan fingerprint density at radius 2 is 0.863 bits per heavy atom. The smallest absolute Gasteiger partial charge is 0.164 e. The second kappa shape index (κ2) is 11.9. The van der Waals surface area contributed by atoms with Crippen molar-refractivity contribution < 1.29 is 4.42 Å². The SMILES string of the molecule is c1ccc(-c2ccc3cc(-c4nc(-c5ccccc5)nc(-c5ccc(-c6ccc7ccccc7c6)c6oc7ccccc7c56)n4)ccc3c2)cc1. The Morgan fingerprint density at radius 1 is 0.333 bits per heavy atom. The number of para-hydroxylation sites is 1. The molecule has 238 valence electrons. The van der Waals surface area contributed by atoms with Crippen molar-refractivity contribution in [3.8, 4) is 56.4 Å². The molecular formula is C47H29N3O. The number of furan rings is 1. The van der Waals surface area contributed by atoms with Crippen LogP contribution in [0, 0.1) is 0 Å². The minimum Gasteiger partial charge on any atom is -0.455 e. The fourth-order valence-corrected chi connectivity index (χ4v) is 7.14. The predicted octanol–water partition coefficient (Wildman–Crippen LogP) is 12.4. The molecule has 10 aromatic rings. The molecule has 0 radical (unpaired) electrons. The van der Waals surface area contributed by atoms with Gasteiger partial charge < -0.3 is 4.42 Å². The van der Waals surface area contributed by atoms with Crippen molar-refractivity contribution in [2.24, 2.45) is 0 Å². The van der Waals surface area contributed by atoms with Crippen LogP contribution in [0.2, 0.25) is 0 Å². The van der Waals surface area contributed by atoms with E-state index < -0.39 is 0 Å². The van der Waals surface area contributed by atoms with Crippen LogP contribution in [0.25, 0.3) is 99.9 Å². The van der Waals surface area contributed by atoms with Crippen molar-refractivity contribution in [2.75, 3.05) is 0 Å². The van der Waals surface area contributed by atoms with Crippen molar-refractivity contribution in [3.63, 3.8) is 0 Å². The van der Waals surface area contributed by atoms with E-state index in [2.05, 4.69) is 127 Å². The zero-order valence-corrected chi connectivity index (χ0v) is 27.5. The Kier molecular flexibility index (Phi) is 6.78. The Morgan fingerprint density at radius 3 is 1.67 bits per heavy atom. The summed E-state index contributed by atoms with van der Waals surface area (Å²) in [7, 11) is 0. The molecule has 0 saturated carbocycles. The first-order valence-electron chi connectivity index (χ1n) is 17.1. The van der Waals surface area contributed by atoms with Crippen LogP contribution in [-0.4, -0.2) is 15.0 Å². The number of benzene rings is 8. The zero-order valence-electron chi connectivity index (χ0n) is 27.5. The van der Waals surface area contributed by atoms with Crippen LogP contribution in [0.4, 0.5) is 0 Å². The number of fused-ring (bicyclic) bond motifs is 5. The lowest BCUT2D eigenvalue weighted by Gasteiger charge is -2.12. The molecule has 4 heteroatoms. The number of hydrogen-bond donors (Lipinski definition) is 0. The van der Waals surface area contributed by atoms with E-state index in [1.807, 2.05) is 48.5 Å². The molecular weight excluding hydrogens is 623 g/mol. The molecule has 0 amide bonds. The number of hydrogen-bond acceptors (Lipinski definition) is 4. The third-order valence-electron chi connectivity index (χ3n) is 9.70. The second-order valence-electron chi connectivity index (χ2n) is 12.8. The first-order valence-corrected chi connectivity index (χ1v) is 17.1. The van der Waals surface area contributed by atoms with E-state index in [-0.39, 0.29) is 0 Å². The van der Waals surface area contributed by atoms with Crippen LogP contribution in [0.3, 0.4) is 0 Å². The third-order valence-corrected chi connectivity index (χ3v) is 9.70. The van der Waals surface area contributed by atoms with Gasteiger partial charge in [-0.25, -0.2) is 15.0 Å². The van der Waals surface area contributed by atoms with Gasteiger partial charge in [0.1, 0.15) is 11.2 Å². The highest BCUT2D eigenvalue weighted by Gasteiger charge is 2.21. The third kappa shape index (κ3) is 5.13. The Labute approximate surface area is 294 Å². The molecule has 0 aliphatic carbocycles. The predicted molar refractivity (Wildman–Crippen MR) is 209 cm³/mol. The summed E-state index contributed by atoms with van der Waals surface area (Å²) >= 11 is 0. The largest absolute Gasteiger partial charge is 0.455 e. The number of rotatable bonds is 5. The molecule has 0 aliphatic heterocycles. The zero-order chi connectivity index (χ0) is 33.7. The minimum absolute atomic E-state index is 0.597. The van der Waals surface area contributed by atoms with Crippen molar-refractivity contribution >= 4 is 43.5 Å². The summed E-state index contributed by atoms with van der Waals surface area (Å²) in [5, 5.41) is 6.68. The van der Waals surface area contributed by atoms with Gasteiger partial charge in [-0.3, -0.25) is 0 Å². The lowest BCUT2D eigenvalue weighted by molar-refractivity contribution is 0.670. The topological polar surface area (TPSA) is 51.8 Å². The maximum absolute atomic E-state index is 6.66. The molecule has 2 aromatic heterocycles. The second-order valence-corrected chi connectivity index (χ2v) is 12.8. The number of aromatic nitrogens is 3. The van der Waals surface area contributed by atoms with E-state index in [1.54, 1.807) is 0 Å². The first kappa shape index (κ1) is 29.0. The van der Waals surface area contributed by atoms with Crippen molar-refractivity contribution in [1.82, 2.24) is 15.0 Å². The molecule has 0 N–H and O–H groups in total. The highest BCUT2D eigenvalue weighted by molar-refractivity contribution is 6.16. The molecule has 0 bridgehead atoms. The van der Waals surface area contributed by atoms with E-state index in [4.69, 9.17) is 19.4 Å². The summed E-state index contributed by atoms with van der Waals surface area (Å²) < 4.78 is 6.66. The highest BCUT2D eigenvalue weighted by Crippen LogP contribution is 2.42. The maximum atomic E-state index is 6.66. The monoisotopic (exact) mass is 651 g/mol. The van der Waals surface area contributed by atoms with E-state index in [1.165, 1.54) is 21.9 Å². The van der Waals surface area contributed by atoms with Crippen molar-refractivity contribution in [1.29, 1.82) is 0 Å². The molecule has 51 heavy (non-hydrogen) atoms. The van der Waals surface area contributed by atoms with Gasteiger partial charge in [0.25, 0.3) is 0 Å². The standard InChI is InChI=1S/C47H29N3O/c1-3-11-30(12-4-1)34-20-21-36-29-38(24-22-35(36)27-34)46-48-45(32-14-5-2-6-15-32)49-47(50-46)41-26-25-39(37-23-19-31-13-7-8-16-33(31)28-37)44-43(41)40-17-9-10-18-42(40)51-44/h1-29H. The fraction of sp³-hybridized carbons (Fsp3) is 0. The van der Waals surface area contributed by atoms with E-state index >= 15 is 0 Å². The molecule has 4 nitrogen and oxygen atoms in total. The molecule has 0 unspecified atom stereocenters. The van der Waals surface area contributed by atoms with Crippen LogP contribution < -0.4 is 0 Å². The molecule has 0 fully saturated rings. The van der Waals surface area contributed by atoms with E-state index in [9.17, 15) is 0 Å². The lowest BCUT2D eigenvalue weighted by Crippen LogP contribution is -2.00. The average molecular weight is 652 g/mol. The van der Waals surface area contributed by atoms with Gasteiger partial charge in [0.15, 0.2) is 17.5 Å².